The van der Waals surface area contributed by atoms with Crippen molar-refractivity contribution in [3.63, 3.8) is 0 Å². The molecule has 2 aliphatic heterocycles. The van der Waals surface area contributed by atoms with Gasteiger partial charge in [-0.15, -0.1) is 0 Å². The van der Waals surface area contributed by atoms with Crippen LogP contribution >= 0.6 is 11.8 Å². The number of para-hydroxylation sites is 1. The van der Waals surface area contributed by atoms with Crippen LogP contribution in [0.5, 0.6) is 0 Å². The average molecular weight is 631 g/mol. The summed E-state index contributed by atoms with van der Waals surface area (Å²) in [5.74, 6) is -2.87. The largest absolute Gasteiger partial charge is 0.478 e. The fourth-order valence-corrected chi connectivity index (χ4v) is 6.19. The van der Waals surface area contributed by atoms with E-state index in [2.05, 4.69) is 4.90 Å². The molecule has 0 spiro atoms. The van der Waals surface area contributed by atoms with Crippen molar-refractivity contribution >= 4 is 40.9 Å². The number of Topliss-reactive ketones (excluding diaryl/α,β-unsaturated/α-hetero) is 1. The van der Waals surface area contributed by atoms with Gasteiger partial charge in [-0.3, -0.25) is 4.79 Å². The normalized spacial score (nSPS) is 15.2. The Balaban J connectivity index is 0.000000488. The van der Waals surface area contributed by atoms with Crippen LogP contribution in [0, 0.1) is 11.7 Å². The SMILES string of the molecule is O=C(O)/C=C/C(=O)O.O=C(c1ccc(F)cc1)C1CCN(CCCN2c3ccccc3Sc3ccc(C(F)(F)F)cc32)CC1. The van der Waals surface area contributed by atoms with Crippen molar-refractivity contribution in [2.45, 2.75) is 35.2 Å². The Kier molecular flexibility index (Phi) is 10.8. The van der Waals surface area contributed by atoms with Gasteiger partial charge in [-0.05, 0) is 93.5 Å². The maximum atomic E-state index is 13.4. The van der Waals surface area contributed by atoms with E-state index in [-0.39, 0.29) is 17.5 Å². The van der Waals surface area contributed by atoms with Crippen molar-refractivity contribution in [1.82, 2.24) is 4.90 Å². The average Bonchev–Trinajstić information content (AvgIpc) is 2.99. The van der Waals surface area contributed by atoms with E-state index in [4.69, 9.17) is 10.2 Å². The minimum atomic E-state index is -4.39. The number of hydrogen-bond donors (Lipinski definition) is 2. The van der Waals surface area contributed by atoms with Crippen molar-refractivity contribution in [3.05, 3.63) is 95.8 Å². The van der Waals surface area contributed by atoms with Crippen LogP contribution in [0.25, 0.3) is 0 Å². The lowest BCUT2D eigenvalue weighted by atomic mass is 9.89. The number of carbonyl (C=O) groups is 3. The highest BCUT2D eigenvalue weighted by Gasteiger charge is 2.33. The Bertz CT molecular complexity index is 1500. The maximum Gasteiger partial charge on any atom is 0.416 e. The number of carbonyl (C=O) groups excluding carboxylic acids is 1. The number of aliphatic carboxylic acids is 2. The number of rotatable bonds is 8. The molecule has 232 valence electrons. The molecule has 2 heterocycles. The van der Waals surface area contributed by atoms with Gasteiger partial charge in [0.1, 0.15) is 5.82 Å². The lowest BCUT2D eigenvalue weighted by molar-refractivity contribution is -0.137. The van der Waals surface area contributed by atoms with Gasteiger partial charge in [-0.2, -0.15) is 13.2 Å². The predicted molar refractivity (Wildman–Crippen MR) is 158 cm³/mol. The number of carboxylic acid groups (broad SMARTS) is 2. The van der Waals surface area contributed by atoms with Crippen LogP contribution in [0.2, 0.25) is 0 Å². The van der Waals surface area contributed by atoms with E-state index in [0.29, 0.717) is 29.9 Å². The third kappa shape index (κ3) is 8.70. The van der Waals surface area contributed by atoms with Gasteiger partial charge in [-0.25, -0.2) is 14.0 Å². The van der Waals surface area contributed by atoms with E-state index in [1.165, 1.54) is 30.0 Å². The molecule has 1 saturated heterocycles. The lowest BCUT2D eigenvalue weighted by Crippen LogP contribution is -2.38. The Hall–Kier alpha value is -4.16. The summed E-state index contributed by atoms with van der Waals surface area (Å²) in [7, 11) is 0. The summed E-state index contributed by atoms with van der Waals surface area (Å²) < 4.78 is 53.4. The number of halogens is 4. The monoisotopic (exact) mass is 630 g/mol. The van der Waals surface area contributed by atoms with Gasteiger partial charge < -0.3 is 20.0 Å². The lowest BCUT2D eigenvalue weighted by Gasteiger charge is -2.35. The zero-order valence-electron chi connectivity index (χ0n) is 23.5. The summed E-state index contributed by atoms with van der Waals surface area (Å²) in [6, 6.07) is 17.5. The van der Waals surface area contributed by atoms with Gasteiger partial charge in [0.15, 0.2) is 5.78 Å². The maximum absolute atomic E-state index is 13.4. The van der Waals surface area contributed by atoms with Crippen LogP contribution in [0.3, 0.4) is 0 Å². The Morgan fingerprint density at radius 2 is 1.45 bits per heavy atom. The number of alkyl halides is 3. The van der Waals surface area contributed by atoms with Crippen LogP contribution in [-0.2, 0) is 15.8 Å². The van der Waals surface area contributed by atoms with Crippen LogP contribution in [-0.4, -0.2) is 59.0 Å². The molecule has 5 rings (SSSR count). The molecular formula is C32H30F4N2O5S. The first kappa shape index (κ1) is 32.7. The molecule has 12 heteroatoms. The van der Waals surface area contributed by atoms with Gasteiger partial charge in [0.25, 0.3) is 0 Å². The molecule has 0 bridgehead atoms. The summed E-state index contributed by atoms with van der Waals surface area (Å²) in [6.07, 6.45) is -0.998. The van der Waals surface area contributed by atoms with Crippen molar-refractivity contribution in [2.75, 3.05) is 31.1 Å². The zero-order valence-corrected chi connectivity index (χ0v) is 24.3. The number of benzene rings is 3. The summed E-state index contributed by atoms with van der Waals surface area (Å²) in [5.41, 5.74) is 1.43. The van der Waals surface area contributed by atoms with E-state index in [1.54, 1.807) is 18.2 Å². The highest BCUT2D eigenvalue weighted by Crippen LogP contribution is 2.49. The quantitative estimate of drug-likeness (QED) is 0.154. The number of piperidine rings is 1. The molecule has 0 atom stereocenters. The second-order valence-corrected chi connectivity index (χ2v) is 11.3. The van der Waals surface area contributed by atoms with Crippen molar-refractivity contribution in [3.8, 4) is 0 Å². The van der Waals surface area contributed by atoms with E-state index < -0.39 is 23.7 Å². The fourth-order valence-electron chi connectivity index (χ4n) is 5.11. The first-order valence-electron chi connectivity index (χ1n) is 13.8. The third-order valence-electron chi connectivity index (χ3n) is 7.26. The molecule has 44 heavy (non-hydrogen) atoms. The molecule has 1 fully saturated rings. The second kappa shape index (κ2) is 14.5. The molecule has 0 unspecified atom stereocenters. The molecule has 3 aromatic rings. The van der Waals surface area contributed by atoms with Crippen LogP contribution in [0.1, 0.15) is 35.2 Å². The highest BCUT2D eigenvalue weighted by atomic mass is 32.2. The summed E-state index contributed by atoms with van der Waals surface area (Å²) >= 11 is 1.50. The molecule has 2 aliphatic rings. The second-order valence-electron chi connectivity index (χ2n) is 10.3. The molecular weight excluding hydrogens is 600 g/mol. The number of anilines is 2. The number of carboxylic acids is 2. The summed E-state index contributed by atoms with van der Waals surface area (Å²) in [4.78, 5) is 38.0. The van der Waals surface area contributed by atoms with Gasteiger partial charge in [-0.1, -0.05) is 23.9 Å². The third-order valence-corrected chi connectivity index (χ3v) is 8.39. The highest BCUT2D eigenvalue weighted by molar-refractivity contribution is 7.99. The van der Waals surface area contributed by atoms with Gasteiger partial charge in [0.05, 0.1) is 16.9 Å². The fraction of sp³-hybridized carbons (Fsp3) is 0.281. The Labute approximate surface area is 255 Å². The number of hydrogen-bond acceptors (Lipinski definition) is 6. The molecule has 7 nitrogen and oxygen atoms in total. The smallest absolute Gasteiger partial charge is 0.416 e. The first-order chi connectivity index (χ1) is 20.9. The van der Waals surface area contributed by atoms with Crippen molar-refractivity contribution in [1.29, 1.82) is 0 Å². The topological polar surface area (TPSA) is 98.1 Å². The Morgan fingerprint density at radius 1 is 0.841 bits per heavy atom. The standard InChI is InChI=1S/C28H26F4N2OS.C4H4O4/c29-22-9-6-19(7-10-22)27(35)20-12-16-33(17-13-20)14-3-15-34-23-4-1-2-5-25(23)36-26-11-8-21(18-24(26)34)28(30,31)32;5-3(6)1-2-4(7)8/h1-2,4-11,18,20H,3,12-17H2;1-2H,(H,5,6)(H,7,8)/b;2-1+. The number of ketones is 1. The minimum Gasteiger partial charge on any atom is -0.478 e. The van der Waals surface area contributed by atoms with Crippen LogP contribution < -0.4 is 4.90 Å². The van der Waals surface area contributed by atoms with Gasteiger partial charge in [0.2, 0.25) is 0 Å². The molecule has 0 saturated carbocycles. The van der Waals surface area contributed by atoms with Crippen molar-refractivity contribution < 1.29 is 42.2 Å². The van der Waals surface area contributed by atoms with E-state index in [0.717, 1.165) is 60.4 Å². The van der Waals surface area contributed by atoms with E-state index >= 15 is 0 Å². The van der Waals surface area contributed by atoms with Gasteiger partial charge >= 0.3 is 18.1 Å². The summed E-state index contributed by atoms with van der Waals surface area (Å²) in [6.45, 7) is 2.98. The Morgan fingerprint density at radius 3 is 2.07 bits per heavy atom. The van der Waals surface area contributed by atoms with Crippen LogP contribution in [0.15, 0.2) is 88.7 Å². The molecule has 0 radical (unpaired) electrons. The molecule has 0 amide bonds. The van der Waals surface area contributed by atoms with Crippen molar-refractivity contribution in [2.24, 2.45) is 5.92 Å². The molecule has 0 aliphatic carbocycles. The molecule has 3 aromatic carbocycles. The molecule has 2 N–H and O–H groups in total. The number of nitrogens with zero attached hydrogens (tertiary/aromatic N) is 2. The van der Waals surface area contributed by atoms with Crippen LogP contribution in [0.4, 0.5) is 28.9 Å². The van der Waals surface area contributed by atoms with E-state index in [9.17, 15) is 31.9 Å². The first-order valence-corrected chi connectivity index (χ1v) is 14.7. The zero-order chi connectivity index (χ0) is 31.9. The van der Waals surface area contributed by atoms with Gasteiger partial charge in [0, 0.05) is 40.0 Å². The number of fused-ring (bicyclic) bond motifs is 2. The minimum absolute atomic E-state index is 0.0640. The molecule has 0 aromatic heterocycles. The summed E-state index contributed by atoms with van der Waals surface area (Å²) in [5, 5.41) is 15.6. The van der Waals surface area contributed by atoms with E-state index in [1.807, 2.05) is 29.2 Å². The predicted octanol–water partition coefficient (Wildman–Crippen LogP) is 7.14. The number of likely N-dealkylation sites (tertiary alicyclic amines) is 1.